The number of sulfonamides is 1. The summed E-state index contributed by atoms with van der Waals surface area (Å²) >= 11 is 0. The van der Waals surface area contributed by atoms with Crippen molar-refractivity contribution in [2.75, 3.05) is 10.6 Å². The zero-order valence-electron chi connectivity index (χ0n) is 14.3. The number of hydrogen-bond acceptors (Lipinski definition) is 3. The summed E-state index contributed by atoms with van der Waals surface area (Å²) in [6.07, 6.45) is 6.30. The van der Waals surface area contributed by atoms with E-state index in [9.17, 15) is 13.2 Å². The molecule has 4 atom stereocenters. The number of nitrogens with one attached hydrogen (secondary N) is 1. The standard InChI is InChI=1S/C18H26N2O3S/c1-3-17(18(21)19-16-12-13-9-10-14(16)11-13)20(24(2,22)23)15-7-5-4-6-8-15/h4-8,13-14,16-17H,3,9-12H2,1-2H3,(H,19,21)/t13-,14-,16+,17+/m1/s1. The van der Waals surface area contributed by atoms with Crippen LogP contribution in [0, 0.1) is 11.8 Å². The molecule has 2 bridgehead atoms. The lowest BCUT2D eigenvalue weighted by atomic mass is 9.95. The first-order chi connectivity index (χ1) is 11.4. The summed E-state index contributed by atoms with van der Waals surface area (Å²) in [4.78, 5) is 12.9. The van der Waals surface area contributed by atoms with Crippen molar-refractivity contribution in [2.45, 2.75) is 51.1 Å². The number of nitrogens with zero attached hydrogens (tertiary/aromatic N) is 1. The van der Waals surface area contributed by atoms with Gasteiger partial charge in [0.1, 0.15) is 6.04 Å². The summed E-state index contributed by atoms with van der Waals surface area (Å²) in [5.74, 6) is 1.13. The highest BCUT2D eigenvalue weighted by Crippen LogP contribution is 2.44. The van der Waals surface area contributed by atoms with Crippen molar-refractivity contribution in [1.82, 2.24) is 5.32 Å². The lowest BCUT2D eigenvalue weighted by molar-refractivity contribution is -0.123. The van der Waals surface area contributed by atoms with Crippen molar-refractivity contribution < 1.29 is 13.2 Å². The van der Waals surface area contributed by atoms with Gasteiger partial charge in [-0.15, -0.1) is 0 Å². The van der Waals surface area contributed by atoms with E-state index < -0.39 is 16.1 Å². The second kappa shape index (κ2) is 6.75. The Balaban J connectivity index is 1.80. The molecule has 1 aromatic carbocycles. The van der Waals surface area contributed by atoms with E-state index >= 15 is 0 Å². The predicted molar refractivity (Wildman–Crippen MR) is 95.2 cm³/mol. The number of anilines is 1. The molecule has 2 saturated carbocycles. The third-order valence-electron chi connectivity index (χ3n) is 5.41. The first-order valence-corrected chi connectivity index (χ1v) is 10.6. The number of fused-ring (bicyclic) bond motifs is 2. The van der Waals surface area contributed by atoms with Gasteiger partial charge in [-0.2, -0.15) is 0 Å². The van der Waals surface area contributed by atoms with Gasteiger partial charge in [-0.1, -0.05) is 31.5 Å². The van der Waals surface area contributed by atoms with Gasteiger partial charge in [0.2, 0.25) is 15.9 Å². The molecule has 5 nitrogen and oxygen atoms in total. The lowest BCUT2D eigenvalue weighted by Crippen LogP contribution is -2.52. The second-order valence-corrected chi connectivity index (χ2v) is 8.97. The maximum absolute atomic E-state index is 12.9. The number of carbonyl (C=O) groups excluding carboxylic acids is 1. The Hall–Kier alpha value is -1.56. The molecule has 0 aliphatic heterocycles. The van der Waals surface area contributed by atoms with Crippen molar-refractivity contribution in [3.05, 3.63) is 30.3 Å². The monoisotopic (exact) mass is 350 g/mol. The van der Waals surface area contributed by atoms with Crippen LogP contribution in [-0.4, -0.2) is 32.7 Å². The van der Waals surface area contributed by atoms with Gasteiger partial charge >= 0.3 is 0 Å². The zero-order chi connectivity index (χ0) is 17.3. The van der Waals surface area contributed by atoms with E-state index in [1.54, 1.807) is 24.3 Å². The first kappa shape index (κ1) is 17.3. The average Bonchev–Trinajstić information content (AvgIpc) is 3.14. The number of carbonyl (C=O) groups is 1. The fourth-order valence-corrected chi connectivity index (χ4v) is 5.55. The fourth-order valence-electron chi connectivity index (χ4n) is 4.34. The Bertz CT molecular complexity index is 689. The molecule has 0 aromatic heterocycles. The Morgan fingerprint density at radius 3 is 2.46 bits per heavy atom. The van der Waals surface area contributed by atoms with Crippen LogP contribution in [0.5, 0.6) is 0 Å². The maximum Gasteiger partial charge on any atom is 0.244 e. The van der Waals surface area contributed by atoms with Crippen LogP contribution >= 0.6 is 0 Å². The molecule has 24 heavy (non-hydrogen) atoms. The molecule has 1 N–H and O–H groups in total. The summed E-state index contributed by atoms with van der Waals surface area (Å²) in [7, 11) is -3.55. The van der Waals surface area contributed by atoms with Gasteiger partial charge in [-0.05, 0) is 49.7 Å². The van der Waals surface area contributed by atoms with Crippen molar-refractivity contribution in [3.8, 4) is 0 Å². The predicted octanol–water partition coefficient (Wildman–Crippen LogP) is 2.54. The van der Waals surface area contributed by atoms with Gasteiger partial charge in [0.25, 0.3) is 0 Å². The Morgan fingerprint density at radius 2 is 1.96 bits per heavy atom. The van der Waals surface area contributed by atoms with Gasteiger partial charge in [-0.25, -0.2) is 8.42 Å². The number of amides is 1. The van der Waals surface area contributed by atoms with E-state index in [1.807, 2.05) is 13.0 Å². The minimum absolute atomic E-state index is 0.177. The SMILES string of the molecule is CC[C@@H](C(=O)N[C@H]1C[C@@H]2CC[C@@H]1C2)N(c1ccccc1)S(C)(=O)=O. The molecular formula is C18H26N2O3S. The highest BCUT2D eigenvalue weighted by atomic mass is 32.2. The van der Waals surface area contributed by atoms with Gasteiger partial charge in [0.15, 0.2) is 0 Å². The molecule has 6 heteroatoms. The van der Waals surface area contributed by atoms with E-state index in [2.05, 4.69) is 5.32 Å². The number of rotatable bonds is 6. The van der Waals surface area contributed by atoms with Crippen molar-refractivity contribution in [3.63, 3.8) is 0 Å². The van der Waals surface area contributed by atoms with E-state index in [0.717, 1.165) is 18.6 Å². The summed E-state index contributed by atoms with van der Waals surface area (Å²) < 4.78 is 26.0. The number of para-hydroxylation sites is 1. The van der Waals surface area contributed by atoms with Crippen LogP contribution in [0.25, 0.3) is 0 Å². The smallest absolute Gasteiger partial charge is 0.244 e. The van der Waals surface area contributed by atoms with E-state index in [-0.39, 0.29) is 11.9 Å². The van der Waals surface area contributed by atoms with E-state index in [4.69, 9.17) is 0 Å². The Morgan fingerprint density at radius 1 is 1.25 bits per heavy atom. The van der Waals surface area contributed by atoms with Crippen molar-refractivity contribution in [2.24, 2.45) is 11.8 Å². The van der Waals surface area contributed by atoms with Crippen molar-refractivity contribution >= 4 is 21.6 Å². The van der Waals surface area contributed by atoms with Crippen LogP contribution < -0.4 is 9.62 Å². The molecule has 1 amide bonds. The quantitative estimate of drug-likeness (QED) is 0.857. The molecule has 2 aliphatic carbocycles. The minimum Gasteiger partial charge on any atom is -0.351 e. The molecule has 0 radical (unpaired) electrons. The molecule has 3 rings (SSSR count). The second-order valence-electron chi connectivity index (χ2n) is 7.11. The molecule has 1 aromatic rings. The van der Waals surface area contributed by atoms with Crippen LogP contribution in [0.15, 0.2) is 30.3 Å². The van der Waals surface area contributed by atoms with Crippen LogP contribution in [0.2, 0.25) is 0 Å². The highest BCUT2D eigenvalue weighted by Gasteiger charge is 2.41. The first-order valence-electron chi connectivity index (χ1n) is 8.75. The zero-order valence-corrected chi connectivity index (χ0v) is 15.1. The molecular weight excluding hydrogens is 324 g/mol. The topological polar surface area (TPSA) is 66.5 Å². The molecule has 2 fully saturated rings. The number of hydrogen-bond donors (Lipinski definition) is 1. The highest BCUT2D eigenvalue weighted by molar-refractivity contribution is 7.92. The molecule has 0 saturated heterocycles. The van der Waals surface area contributed by atoms with Gasteiger partial charge in [0.05, 0.1) is 11.9 Å². The van der Waals surface area contributed by atoms with Crippen LogP contribution in [-0.2, 0) is 14.8 Å². The number of benzene rings is 1. The molecule has 0 unspecified atom stereocenters. The third kappa shape index (κ3) is 3.43. The fraction of sp³-hybridized carbons (Fsp3) is 0.611. The third-order valence-corrected chi connectivity index (χ3v) is 6.59. The largest absolute Gasteiger partial charge is 0.351 e. The Labute approximate surface area is 144 Å². The summed E-state index contributed by atoms with van der Waals surface area (Å²) in [5, 5.41) is 3.14. The van der Waals surface area contributed by atoms with Gasteiger partial charge in [0, 0.05) is 6.04 Å². The van der Waals surface area contributed by atoms with Crippen LogP contribution in [0.3, 0.4) is 0 Å². The maximum atomic E-state index is 12.9. The summed E-state index contributed by atoms with van der Waals surface area (Å²) in [5.41, 5.74) is 0.537. The van der Waals surface area contributed by atoms with E-state index in [1.165, 1.54) is 23.6 Å². The summed E-state index contributed by atoms with van der Waals surface area (Å²) in [6.45, 7) is 1.85. The molecule has 0 spiro atoms. The molecule has 0 heterocycles. The lowest BCUT2D eigenvalue weighted by Gasteiger charge is -2.32. The molecule has 132 valence electrons. The molecule has 2 aliphatic rings. The normalized spacial score (nSPS) is 27.0. The van der Waals surface area contributed by atoms with Crippen LogP contribution in [0.1, 0.15) is 39.0 Å². The van der Waals surface area contributed by atoms with Gasteiger partial charge < -0.3 is 5.32 Å². The van der Waals surface area contributed by atoms with E-state index in [0.29, 0.717) is 18.0 Å². The van der Waals surface area contributed by atoms with Crippen LogP contribution in [0.4, 0.5) is 5.69 Å². The minimum atomic E-state index is -3.55. The summed E-state index contributed by atoms with van der Waals surface area (Å²) in [6, 6.07) is 8.37. The Kier molecular flexibility index (Phi) is 4.85. The van der Waals surface area contributed by atoms with Gasteiger partial charge in [-0.3, -0.25) is 9.10 Å². The average molecular weight is 350 g/mol. The van der Waals surface area contributed by atoms with Crippen molar-refractivity contribution in [1.29, 1.82) is 0 Å².